The van der Waals surface area contributed by atoms with Crippen molar-refractivity contribution in [1.82, 2.24) is 9.97 Å². The van der Waals surface area contributed by atoms with E-state index in [0.29, 0.717) is 5.95 Å². The third kappa shape index (κ3) is 3.16. The molecule has 4 nitrogen and oxygen atoms in total. The number of hydrogen-bond acceptors (Lipinski definition) is 6. The van der Waals surface area contributed by atoms with Crippen LogP contribution in [0.5, 0.6) is 0 Å². The second-order valence-electron chi connectivity index (χ2n) is 4.64. The van der Waals surface area contributed by atoms with Gasteiger partial charge in [-0.1, -0.05) is 6.92 Å². The number of thiophene rings is 2. The van der Waals surface area contributed by atoms with Gasteiger partial charge in [-0.15, -0.1) is 22.7 Å². The first-order chi connectivity index (χ1) is 10.3. The Bertz CT molecular complexity index is 732. The van der Waals surface area contributed by atoms with E-state index in [1.165, 1.54) is 9.75 Å². The zero-order valence-corrected chi connectivity index (χ0v) is 13.8. The monoisotopic (exact) mass is 318 g/mol. The third-order valence-corrected chi connectivity index (χ3v) is 5.19. The molecule has 0 spiro atoms. The molecule has 0 aromatic carbocycles. The maximum absolute atomic E-state index is 4.58. The van der Waals surface area contributed by atoms with Crippen LogP contribution in [0.3, 0.4) is 0 Å². The molecule has 21 heavy (non-hydrogen) atoms. The average Bonchev–Trinajstić information content (AvgIpc) is 3.13. The second-order valence-corrected chi connectivity index (χ2v) is 6.79. The van der Waals surface area contributed by atoms with E-state index in [1.54, 1.807) is 11.3 Å². The summed E-state index contributed by atoms with van der Waals surface area (Å²) in [6.07, 6.45) is 1.09. The summed E-state index contributed by atoms with van der Waals surface area (Å²) in [6, 6.07) is 6.46. The van der Waals surface area contributed by atoms with Gasteiger partial charge in [0.15, 0.2) is 0 Å². The molecule has 0 aliphatic carbocycles. The molecule has 110 valence electrons. The SMILES string of the molecule is CCNc1nc(NCc2ccc(CC)s2)c2ccsc2n1. The average molecular weight is 318 g/mol. The van der Waals surface area contributed by atoms with Gasteiger partial charge in [-0.05, 0) is 36.9 Å². The zero-order chi connectivity index (χ0) is 14.7. The minimum Gasteiger partial charge on any atom is -0.364 e. The Morgan fingerprint density at radius 3 is 2.67 bits per heavy atom. The Kier molecular flexibility index (Phi) is 4.36. The Balaban J connectivity index is 1.83. The highest BCUT2D eigenvalue weighted by Gasteiger charge is 2.09. The first kappa shape index (κ1) is 14.3. The van der Waals surface area contributed by atoms with Crippen molar-refractivity contribution >= 4 is 44.7 Å². The lowest BCUT2D eigenvalue weighted by Gasteiger charge is -2.08. The van der Waals surface area contributed by atoms with Crippen LogP contribution in [-0.2, 0) is 13.0 Å². The van der Waals surface area contributed by atoms with Gasteiger partial charge in [0.25, 0.3) is 0 Å². The first-order valence-electron chi connectivity index (χ1n) is 7.10. The molecule has 0 atom stereocenters. The van der Waals surface area contributed by atoms with Crippen LogP contribution >= 0.6 is 22.7 Å². The van der Waals surface area contributed by atoms with E-state index >= 15 is 0 Å². The largest absolute Gasteiger partial charge is 0.364 e. The van der Waals surface area contributed by atoms with Gasteiger partial charge in [-0.25, -0.2) is 4.98 Å². The molecule has 0 aliphatic rings. The molecule has 3 aromatic rings. The molecule has 3 heterocycles. The molecule has 6 heteroatoms. The van der Waals surface area contributed by atoms with E-state index in [1.807, 2.05) is 18.3 Å². The smallest absolute Gasteiger partial charge is 0.226 e. The lowest BCUT2D eigenvalue weighted by Crippen LogP contribution is -2.06. The van der Waals surface area contributed by atoms with Crippen LogP contribution in [0.4, 0.5) is 11.8 Å². The maximum Gasteiger partial charge on any atom is 0.226 e. The van der Waals surface area contributed by atoms with Crippen LogP contribution in [0, 0.1) is 0 Å². The number of aromatic nitrogens is 2. The highest BCUT2D eigenvalue weighted by Crippen LogP contribution is 2.27. The molecule has 0 radical (unpaired) electrons. The minimum absolute atomic E-state index is 0.690. The van der Waals surface area contributed by atoms with Gasteiger partial charge >= 0.3 is 0 Å². The summed E-state index contributed by atoms with van der Waals surface area (Å²) in [5.74, 6) is 1.60. The first-order valence-corrected chi connectivity index (χ1v) is 8.80. The summed E-state index contributed by atoms with van der Waals surface area (Å²) in [5, 5.41) is 9.79. The number of anilines is 2. The number of fused-ring (bicyclic) bond motifs is 1. The number of aryl methyl sites for hydroxylation is 1. The number of nitrogens with one attached hydrogen (secondary N) is 2. The molecule has 0 aliphatic heterocycles. The van der Waals surface area contributed by atoms with Crippen molar-refractivity contribution in [2.45, 2.75) is 26.8 Å². The van der Waals surface area contributed by atoms with Crippen molar-refractivity contribution in [3.05, 3.63) is 33.3 Å². The lowest BCUT2D eigenvalue weighted by atomic mass is 10.3. The fourth-order valence-corrected chi connectivity index (χ4v) is 3.77. The van der Waals surface area contributed by atoms with Crippen LogP contribution in [0.2, 0.25) is 0 Å². The van der Waals surface area contributed by atoms with E-state index < -0.39 is 0 Å². The fraction of sp³-hybridized carbons (Fsp3) is 0.333. The van der Waals surface area contributed by atoms with Gasteiger partial charge in [0.05, 0.1) is 11.9 Å². The normalized spacial score (nSPS) is 11.0. The van der Waals surface area contributed by atoms with E-state index in [-0.39, 0.29) is 0 Å². The second kappa shape index (κ2) is 6.41. The molecule has 0 unspecified atom stereocenters. The Morgan fingerprint density at radius 1 is 1.05 bits per heavy atom. The predicted molar refractivity (Wildman–Crippen MR) is 92.6 cm³/mol. The van der Waals surface area contributed by atoms with Gasteiger partial charge in [-0.3, -0.25) is 0 Å². The molecule has 0 fully saturated rings. The zero-order valence-electron chi connectivity index (χ0n) is 12.1. The summed E-state index contributed by atoms with van der Waals surface area (Å²) in [6.45, 7) is 5.86. The van der Waals surface area contributed by atoms with E-state index in [4.69, 9.17) is 0 Å². The van der Waals surface area contributed by atoms with Crippen molar-refractivity contribution < 1.29 is 0 Å². The van der Waals surface area contributed by atoms with E-state index in [2.05, 4.69) is 51.1 Å². The molecule has 2 N–H and O–H groups in total. The van der Waals surface area contributed by atoms with Crippen molar-refractivity contribution in [3.63, 3.8) is 0 Å². The maximum atomic E-state index is 4.58. The summed E-state index contributed by atoms with van der Waals surface area (Å²) in [4.78, 5) is 12.9. The topological polar surface area (TPSA) is 49.8 Å². The summed E-state index contributed by atoms with van der Waals surface area (Å²) >= 11 is 3.50. The summed E-state index contributed by atoms with van der Waals surface area (Å²) < 4.78 is 0. The van der Waals surface area contributed by atoms with Crippen LogP contribution in [0.15, 0.2) is 23.6 Å². The third-order valence-electron chi connectivity index (χ3n) is 3.16. The Morgan fingerprint density at radius 2 is 1.90 bits per heavy atom. The lowest BCUT2D eigenvalue weighted by molar-refractivity contribution is 1.09. The number of nitrogens with zero attached hydrogens (tertiary/aromatic N) is 2. The molecular formula is C15H18N4S2. The molecule has 0 bridgehead atoms. The standard InChI is InChI=1S/C15H18N4S2/c1-3-10-5-6-11(21-10)9-17-13-12-7-8-20-14(12)19-15(18-13)16-4-2/h5-8H,3-4,9H2,1-2H3,(H2,16,17,18,19). The van der Waals surface area contributed by atoms with Crippen LogP contribution in [0.1, 0.15) is 23.6 Å². The summed E-state index contributed by atoms with van der Waals surface area (Å²) in [5.41, 5.74) is 0. The molecule has 3 rings (SSSR count). The molecule has 0 amide bonds. The van der Waals surface area contributed by atoms with Gasteiger partial charge in [-0.2, -0.15) is 4.98 Å². The number of hydrogen-bond donors (Lipinski definition) is 2. The van der Waals surface area contributed by atoms with Gasteiger partial charge in [0.2, 0.25) is 5.95 Å². The molecule has 0 saturated carbocycles. The van der Waals surface area contributed by atoms with Crippen LogP contribution in [0.25, 0.3) is 10.2 Å². The molecule has 0 saturated heterocycles. The van der Waals surface area contributed by atoms with Crippen molar-refractivity contribution in [1.29, 1.82) is 0 Å². The molecule has 3 aromatic heterocycles. The van der Waals surface area contributed by atoms with Gasteiger partial charge < -0.3 is 10.6 Å². The highest BCUT2D eigenvalue weighted by atomic mass is 32.1. The Hall–Kier alpha value is -1.66. The predicted octanol–water partition coefficient (Wildman–Crippen LogP) is 4.36. The highest BCUT2D eigenvalue weighted by molar-refractivity contribution is 7.16. The quantitative estimate of drug-likeness (QED) is 0.709. The Labute approximate surface area is 132 Å². The van der Waals surface area contributed by atoms with E-state index in [0.717, 1.165) is 35.5 Å². The summed E-state index contributed by atoms with van der Waals surface area (Å²) in [7, 11) is 0. The number of rotatable bonds is 6. The van der Waals surface area contributed by atoms with Crippen LogP contribution < -0.4 is 10.6 Å². The van der Waals surface area contributed by atoms with Gasteiger partial charge in [0, 0.05) is 16.3 Å². The van der Waals surface area contributed by atoms with Crippen molar-refractivity contribution in [2.24, 2.45) is 0 Å². The van der Waals surface area contributed by atoms with Crippen LogP contribution in [-0.4, -0.2) is 16.5 Å². The van der Waals surface area contributed by atoms with E-state index in [9.17, 15) is 0 Å². The van der Waals surface area contributed by atoms with Crippen molar-refractivity contribution in [3.8, 4) is 0 Å². The van der Waals surface area contributed by atoms with Crippen molar-refractivity contribution in [2.75, 3.05) is 17.2 Å². The minimum atomic E-state index is 0.690. The van der Waals surface area contributed by atoms with Gasteiger partial charge in [0.1, 0.15) is 10.6 Å². The molecular weight excluding hydrogens is 300 g/mol. The fourth-order valence-electron chi connectivity index (χ4n) is 2.11.